The van der Waals surface area contributed by atoms with Crippen LogP contribution in [0.5, 0.6) is 0 Å². The largest absolute Gasteiger partial charge is 0.330 e. The monoisotopic (exact) mass is 243 g/mol. The molecule has 0 aromatic heterocycles. The van der Waals surface area contributed by atoms with Crippen LogP contribution in [0.25, 0.3) is 0 Å². The molecule has 0 unspecified atom stereocenters. The molecule has 0 saturated heterocycles. The zero-order chi connectivity index (χ0) is 11.2. The molecule has 0 amide bonds. The van der Waals surface area contributed by atoms with Crippen LogP contribution < -0.4 is 5.73 Å². The first-order valence-corrected chi connectivity index (χ1v) is 5.93. The molecule has 1 aromatic rings. The third-order valence-corrected chi connectivity index (χ3v) is 4.28. The van der Waals surface area contributed by atoms with E-state index in [1.54, 1.807) is 0 Å². The summed E-state index contributed by atoms with van der Waals surface area (Å²) in [5.41, 5.74) is 9.57. The second kappa shape index (κ2) is 3.65. The van der Waals surface area contributed by atoms with Gasteiger partial charge in [-0.1, -0.05) is 23.2 Å². The molecule has 1 nitrogen and oxygen atoms in total. The van der Waals surface area contributed by atoms with Gasteiger partial charge in [0.2, 0.25) is 0 Å². The Kier molecular flexibility index (Phi) is 2.74. The standard InChI is InChI=1S/C12H15Cl2N/c1-7-9(13)5-10(14)8(2)11(7)12(6-15)3-4-12/h5H,3-4,6,15H2,1-2H3. The molecule has 3 heteroatoms. The molecular formula is C12H15Cl2N. The third kappa shape index (κ3) is 1.67. The molecule has 0 heterocycles. The molecule has 2 rings (SSSR count). The summed E-state index contributed by atoms with van der Waals surface area (Å²) in [4.78, 5) is 0. The molecule has 0 bridgehead atoms. The van der Waals surface area contributed by atoms with E-state index in [9.17, 15) is 0 Å². The fourth-order valence-corrected chi connectivity index (χ4v) is 2.81. The van der Waals surface area contributed by atoms with Crippen LogP contribution >= 0.6 is 23.2 Å². The van der Waals surface area contributed by atoms with Crippen molar-refractivity contribution in [2.24, 2.45) is 5.73 Å². The Labute approximate surface area is 101 Å². The molecule has 2 N–H and O–H groups in total. The first-order chi connectivity index (χ1) is 7.02. The first-order valence-electron chi connectivity index (χ1n) is 5.17. The predicted molar refractivity (Wildman–Crippen MR) is 65.9 cm³/mol. The summed E-state index contributed by atoms with van der Waals surface area (Å²) in [5.74, 6) is 0. The van der Waals surface area contributed by atoms with E-state index in [0.717, 1.165) is 34.0 Å². The SMILES string of the molecule is Cc1c(Cl)cc(Cl)c(C)c1C1(CN)CC1. The summed E-state index contributed by atoms with van der Waals surface area (Å²) in [6.45, 7) is 4.79. The van der Waals surface area contributed by atoms with Gasteiger partial charge in [0.15, 0.2) is 0 Å². The summed E-state index contributed by atoms with van der Waals surface area (Å²) in [6.07, 6.45) is 2.31. The lowest BCUT2D eigenvalue weighted by Gasteiger charge is -2.21. The second-order valence-electron chi connectivity index (χ2n) is 4.45. The Balaban J connectivity index is 2.64. The topological polar surface area (TPSA) is 26.0 Å². The van der Waals surface area contributed by atoms with Gasteiger partial charge in [-0.15, -0.1) is 0 Å². The quantitative estimate of drug-likeness (QED) is 0.845. The van der Waals surface area contributed by atoms with Gasteiger partial charge in [-0.25, -0.2) is 0 Å². The van der Waals surface area contributed by atoms with Crippen LogP contribution in [0.3, 0.4) is 0 Å². The fraction of sp³-hybridized carbons (Fsp3) is 0.500. The zero-order valence-corrected chi connectivity index (χ0v) is 10.5. The molecule has 1 aliphatic rings. The smallest absolute Gasteiger partial charge is 0.0453 e. The van der Waals surface area contributed by atoms with Crippen LogP contribution in [-0.2, 0) is 5.41 Å². The van der Waals surface area contributed by atoms with Crippen molar-refractivity contribution < 1.29 is 0 Å². The maximum absolute atomic E-state index is 6.16. The van der Waals surface area contributed by atoms with Crippen LogP contribution in [0.2, 0.25) is 10.0 Å². The number of rotatable bonds is 2. The van der Waals surface area contributed by atoms with Gasteiger partial charge in [0.25, 0.3) is 0 Å². The molecule has 0 atom stereocenters. The van der Waals surface area contributed by atoms with Crippen molar-refractivity contribution in [1.29, 1.82) is 0 Å². The summed E-state index contributed by atoms with van der Waals surface area (Å²) >= 11 is 12.3. The molecule has 82 valence electrons. The second-order valence-corrected chi connectivity index (χ2v) is 5.26. The van der Waals surface area contributed by atoms with E-state index < -0.39 is 0 Å². The summed E-state index contributed by atoms with van der Waals surface area (Å²) in [7, 11) is 0. The lowest BCUT2D eigenvalue weighted by atomic mass is 9.88. The highest BCUT2D eigenvalue weighted by molar-refractivity contribution is 6.35. The number of hydrogen-bond donors (Lipinski definition) is 1. The Morgan fingerprint density at radius 2 is 1.67 bits per heavy atom. The van der Waals surface area contributed by atoms with Gasteiger partial charge >= 0.3 is 0 Å². The number of halogens is 2. The number of nitrogens with two attached hydrogens (primary N) is 1. The van der Waals surface area contributed by atoms with Crippen molar-refractivity contribution in [2.45, 2.75) is 32.1 Å². The van der Waals surface area contributed by atoms with E-state index >= 15 is 0 Å². The molecule has 1 aromatic carbocycles. The molecule has 1 saturated carbocycles. The van der Waals surface area contributed by atoms with Crippen molar-refractivity contribution in [2.75, 3.05) is 6.54 Å². The van der Waals surface area contributed by atoms with Gasteiger partial charge in [0.05, 0.1) is 0 Å². The summed E-state index contributed by atoms with van der Waals surface area (Å²) < 4.78 is 0. The van der Waals surface area contributed by atoms with E-state index in [2.05, 4.69) is 13.8 Å². The predicted octanol–water partition coefficient (Wildman–Crippen LogP) is 3.60. The Morgan fingerprint density at radius 3 is 2.00 bits per heavy atom. The maximum atomic E-state index is 6.16. The lowest BCUT2D eigenvalue weighted by molar-refractivity contribution is 0.694. The first kappa shape index (κ1) is 11.3. The normalized spacial score (nSPS) is 17.9. The third-order valence-electron chi connectivity index (χ3n) is 3.49. The van der Waals surface area contributed by atoms with E-state index in [1.165, 1.54) is 5.56 Å². The average Bonchev–Trinajstić information content (AvgIpc) is 2.96. The summed E-state index contributed by atoms with van der Waals surface area (Å²) in [5, 5.41) is 1.50. The van der Waals surface area contributed by atoms with Crippen LogP contribution in [0.1, 0.15) is 29.5 Å². The summed E-state index contributed by atoms with van der Waals surface area (Å²) in [6, 6.07) is 1.82. The molecular weight excluding hydrogens is 229 g/mol. The van der Waals surface area contributed by atoms with Crippen molar-refractivity contribution in [1.82, 2.24) is 0 Å². The van der Waals surface area contributed by atoms with Crippen LogP contribution in [-0.4, -0.2) is 6.54 Å². The van der Waals surface area contributed by atoms with Crippen LogP contribution in [0, 0.1) is 13.8 Å². The lowest BCUT2D eigenvalue weighted by Crippen LogP contribution is -2.22. The number of hydrogen-bond acceptors (Lipinski definition) is 1. The number of benzene rings is 1. The molecule has 1 aliphatic carbocycles. The van der Waals surface area contributed by atoms with E-state index in [-0.39, 0.29) is 5.41 Å². The van der Waals surface area contributed by atoms with Gasteiger partial charge in [-0.2, -0.15) is 0 Å². The molecule has 0 aliphatic heterocycles. The highest BCUT2D eigenvalue weighted by Crippen LogP contribution is 2.51. The highest BCUT2D eigenvalue weighted by atomic mass is 35.5. The van der Waals surface area contributed by atoms with Crippen molar-refractivity contribution >= 4 is 23.2 Å². The molecule has 15 heavy (non-hydrogen) atoms. The van der Waals surface area contributed by atoms with Crippen LogP contribution in [0.4, 0.5) is 0 Å². The van der Waals surface area contributed by atoms with E-state index in [4.69, 9.17) is 28.9 Å². The zero-order valence-electron chi connectivity index (χ0n) is 9.03. The Bertz CT molecular complexity index is 382. The van der Waals surface area contributed by atoms with Crippen molar-refractivity contribution in [3.63, 3.8) is 0 Å². The minimum atomic E-state index is 0.155. The van der Waals surface area contributed by atoms with Gasteiger partial charge in [0.1, 0.15) is 0 Å². The highest BCUT2D eigenvalue weighted by Gasteiger charge is 2.45. The van der Waals surface area contributed by atoms with E-state index in [0.29, 0.717) is 6.54 Å². The van der Waals surface area contributed by atoms with Crippen molar-refractivity contribution in [3.8, 4) is 0 Å². The molecule has 0 radical (unpaired) electrons. The van der Waals surface area contributed by atoms with Gasteiger partial charge in [0, 0.05) is 22.0 Å². The fourth-order valence-electron chi connectivity index (χ4n) is 2.35. The maximum Gasteiger partial charge on any atom is 0.0453 e. The Morgan fingerprint density at radius 1 is 1.20 bits per heavy atom. The van der Waals surface area contributed by atoms with Crippen LogP contribution in [0.15, 0.2) is 6.07 Å². The van der Waals surface area contributed by atoms with Gasteiger partial charge < -0.3 is 5.73 Å². The Hall–Kier alpha value is -0.240. The molecule has 1 fully saturated rings. The minimum absolute atomic E-state index is 0.155. The molecule has 0 spiro atoms. The van der Waals surface area contributed by atoms with E-state index in [1.807, 2.05) is 6.07 Å². The average molecular weight is 244 g/mol. The van der Waals surface area contributed by atoms with Crippen molar-refractivity contribution in [3.05, 3.63) is 32.8 Å². The van der Waals surface area contributed by atoms with Gasteiger partial charge in [-0.05, 0) is 49.4 Å². The van der Waals surface area contributed by atoms with Gasteiger partial charge in [-0.3, -0.25) is 0 Å². The minimum Gasteiger partial charge on any atom is -0.330 e.